The van der Waals surface area contributed by atoms with Crippen molar-refractivity contribution >= 4 is 83.5 Å². The molecule has 4 heterocycles. The fourth-order valence-electron chi connectivity index (χ4n) is 9.70. The minimum atomic E-state index is -0.281. The number of rotatable bonds is 14. The van der Waals surface area contributed by atoms with Gasteiger partial charge >= 0.3 is 0 Å². The molecule has 1 aliphatic heterocycles. The van der Waals surface area contributed by atoms with Crippen molar-refractivity contribution in [2.75, 3.05) is 6.54 Å². The maximum Gasteiger partial charge on any atom is 0.262 e. The quantitative estimate of drug-likeness (QED) is 0.0851. The van der Waals surface area contributed by atoms with Crippen molar-refractivity contribution in [1.29, 1.82) is 0 Å². The number of unbranched alkanes of at least 4 members (excludes halogenated alkanes) is 10. The number of aromatic amines is 2. The van der Waals surface area contributed by atoms with E-state index in [4.69, 9.17) is 0 Å². The van der Waals surface area contributed by atoms with Gasteiger partial charge in [0.25, 0.3) is 17.4 Å². The molecule has 0 bridgehead atoms. The summed E-state index contributed by atoms with van der Waals surface area (Å²) in [5, 5.41) is 6.56. The van der Waals surface area contributed by atoms with Gasteiger partial charge in [0.2, 0.25) is 0 Å². The number of nitrogens with one attached hydrogen (secondary N) is 2. The summed E-state index contributed by atoms with van der Waals surface area (Å²) in [5.41, 5.74) is 6.30. The SMILES string of the molecule is C=c1c2c3[nH]c4cc(C(C)(C)C)ccc4c3c3c4c(c5c6ccc(C(C)(C)C)cc6[nH]c5c(c(=O)n1CCCCCCCC)c42)C(=O)N(CCCCCCCC)C3=O. The number of carbonyl (C=O) groups is 2. The lowest BCUT2D eigenvalue weighted by molar-refractivity contribution is 0.0610. The number of aromatic nitrogens is 3. The molecule has 0 radical (unpaired) electrons. The first-order chi connectivity index (χ1) is 27.7. The lowest BCUT2D eigenvalue weighted by atomic mass is 9.83. The van der Waals surface area contributed by atoms with E-state index >= 15 is 14.4 Å². The van der Waals surface area contributed by atoms with E-state index in [0.717, 1.165) is 100 Å². The second-order valence-electron chi connectivity index (χ2n) is 19.2. The molecule has 58 heavy (non-hydrogen) atoms. The maximum atomic E-state index is 15.2. The fourth-order valence-corrected chi connectivity index (χ4v) is 9.70. The van der Waals surface area contributed by atoms with Gasteiger partial charge in [-0.05, 0) is 46.9 Å². The van der Waals surface area contributed by atoms with Gasteiger partial charge in [0.05, 0.1) is 27.5 Å². The van der Waals surface area contributed by atoms with Gasteiger partial charge < -0.3 is 14.5 Å². The van der Waals surface area contributed by atoms with Crippen LogP contribution in [0.1, 0.15) is 164 Å². The van der Waals surface area contributed by atoms with E-state index in [1.54, 1.807) is 0 Å². The van der Waals surface area contributed by atoms with Crippen LogP contribution in [0, 0.1) is 0 Å². The van der Waals surface area contributed by atoms with E-state index in [9.17, 15) is 0 Å². The van der Waals surface area contributed by atoms with Gasteiger partial charge in [-0.3, -0.25) is 19.3 Å². The summed E-state index contributed by atoms with van der Waals surface area (Å²) >= 11 is 0. The monoisotopic (exact) mass is 778 g/mol. The zero-order valence-corrected chi connectivity index (χ0v) is 36.2. The molecule has 2 N–H and O–H groups in total. The Kier molecular flexibility index (Phi) is 10.3. The van der Waals surface area contributed by atoms with Crippen molar-refractivity contribution in [3.8, 4) is 0 Å². The van der Waals surface area contributed by atoms with Crippen LogP contribution in [0.4, 0.5) is 0 Å². The number of amides is 2. The van der Waals surface area contributed by atoms with E-state index < -0.39 is 0 Å². The van der Waals surface area contributed by atoms with Gasteiger partial charge in [-0.15, -0.1) is 0 Å². The van der Waals surface area contributed by atoms with Crippen molar-refractivity contribution in [1.82, 2.24) is 19.4 Å². The molecule has 0 aliphatic carbocycles. The Balaban J connectivity index is 1.50. The number of hydrogen-bond donors (Lipinski definition) is 2. The molecule has 8 rings (SSSR count). The summed E-state index contributed by atoms with van der Waals surface area (Å²) in [6, 6.07) is 12.9. The smallest absolute Gasteiger partial charge is 0.262 e. The number of imide groups is 1. The zero-order valence-electron chi connectivity index (χ0n) is 36.2. The summed E-state index contributed by atoms with van der Waals surface area (Å²) in [6.45, 7) is 23.2. The molecule has 4 aromatic carbocycles. The van der Waals surface area contributed by atoms with Crippen molar-refractivity contribution in [2.45, 2.75) is 150 Å². The number of hydrogen-bond acceptors (Lipinski definition) is 3. The van der Waals surface area contributed by atoms with Crippen LogP contribution in [0.15, 0.2) is 41.2 Å². The molecule has 0 fully saturated rings. The van der Waals surface area contributed by atoms with E-state index in [2.05, 4.69) is 108 Å². The Labute approximate surface area is 342 Å². The third-order valence-corrected chi connectivity index (χ3v) is 13.0. The zero-order chi connectivity index (χ0) is 41.3. The molecular weight excluding hydrogens is 717 g/mol. The van der Waals surface area contributed by atoms with Crippen LogP contribution in [0.25, 0.3) is 71.7 Å². The highest BCUT2D eigenvalue weighted by Gasteiger charge is 2.40. The summed E-state index contributed by atoms with van der Waals surface area (Å²) in [6.07, 6.45) is 12.9. The Morgan fingerprint density at radius 1 is 0.534 bits per heavy atom. The first kappa shape index (κ1) is 39.9. The molecule has 1 aliphatic rings. The normalized spacial score (nSPS) is 14.0. The van der Waals surface area contributed by atoms with Crippen LogP contribution < -0.4 is 10.9 Å². The summed E-state index contributed by atoms with van der Waals surface area (Å²) < 4.78 is 1.87. The van der Waals surface area contributed by atoms with Crippen LogP contribution in [0.3, 0.4) is 0 Å². The predicted octanol–water partition coefficient (Wildman–Crippen LogP) is 12.5. The van der Waals surface area contributed by atoms with E-state index in [1.165, 1.54) is 36.1 Å². The van der Waals surface area contributed by atoms with Crippen LogP contribution in [0.5, 0.6) is 0 Å². The predicted molar refractivity (Wildman–Crippen MR) is 245 cm³/mol. The molecular formula is C51H62N4O3. The van der Waals surface area contributed by atoms with E-state index in [1.807, 2.05) is 4.57 Å². The van der Waals surface area contributed by atoms with Gasteiger partial charge in [-0.1, -0.05) is 150 Å². The van der Waals surface area contributed by atoms with Gasteiger partial charge in [0.1, 0.15) is 0 Å². The highest BCUT2D eigenvalue weighted by Crippen LogP contribution is 2.48. The van der Waals surface area contributed by atoms with Crippen LogP contribution >= 0.6 is 0 Å². The molecule has 0 saturated carbocycles. The van der Waals surface area contributed by atoms with E-state index in [-0.39, 0.29) is 28.2 Å². The number of benzene rings is 4. The molecule has 7 aromatic rings. The Hall–Kier alpha value is -4.91. The average Bonchev–Trinajstić information content (AvgIpc) is 3.74. The standard InChI is InChI=1S/C51H62N4O3/c1-10-12-14-16-18-20-26-54-30(3)37-40-41-42(38-33-24-22-31(50(4,5)6)28-35(33)52-45(37)38)47(56)55(27-21-19-17-15-13-11-2)48(57)43(41)39-34-25-23-32(51(7,8)9)29-36(34)53-46(39)44(40)49(54)58/h22-25,28-29,52-53H,3,10-21,26-27H2,1-2,4-9H3. The molecule has 304 valence electrons. The number of pyridine rings is 1. The third-order valence-electron chi connectivity index (χ3n) is 13.0. The fraction of sp³-hybridized carbons (Fsp3) is 0.471. The topological polar surface area (TPSA) is 91.0 Å². The Morgan fingerprint density at radius 3 is 1.47 bits per heavy atom. The van der Waals surface area contributed by atoms with Crippen LogP contribution in [0.2, 0.25) is 0 Å². The summed E-state index contributed by atoms with van der Waals surface area (Å²) in [5.74, 6) is -0.563. The van der Waals surface area contributed by atoms with Crippen molar-refractivity contribution in [2.24, 2.45) is 0 Å². The minimum Gasteiger partial charge on any atom is -0.354 e. The van der Waals surface area contributed by atoms with Crippen LogP contribution in [-0.4, -0.2) is 37.8 Å². The second kappa shape index (κ2) is 15.0. The van der Waals surface area contributed by atoms with E-state index in [0.29, 0.717) is 51.2 Å². The molecule has 7 heteroatoms. The molecule has 0 saturated heterocycles. The Bertz CT molecular complexity index is 2700. The molecule has 0 spiro atoms. The maximum absolute atomic E-state index is 15.2. The summed E-state index contributed by atoms with van der Waals surface area (Å²) in [4.78, 5) is 54.7. The molecule has 0 unspecified atom stereocenters. The minimum absolute atomic E-state index is 0.0914. The van der Waals surface area contributed by atoms with Gasteiger partial charge in [0, 0.05) is 67.2 Å². The third kappa shape index (κ3) is 6.44. The van der Waals surface area contributed by atoms with Gasteiger partial charge in [0.15, 0.2) is 0 Å². The van der Waals surface area contributed by atoms with Crippen LogP contribution in [-0.2, 0) is 17.4 Å². The largest absolute Gasteiger partial charge is 0.354 e. The molecule has 3 aromatic heterocycles. The lowest BCUT2D eigenvalue weighted by Crippen LogP contribution is -2.42. The second-order valence-corrected chi connectivity index (χ2v) is 19.2. The number of carbonyl (C=O) groups excluding carboxylic acids is 2. The molecule has 0 atom stereocenters. The molecule has 2 amide bonds. The van der Waals surface area contributed by atoms with Gasteiger partial charge in [-0.25, -0.2) is 0 Å². The number of H-pyrrole nitrogens is 2. The first-order valence-corrected chi connectivity index (χ1v) is 22.1. The average molecular weight is 779 g/mol. The van der Waals surface area contributed by atoms with Crippen molar-refractivity contribution < 1.29 is 9.59 Å². The first-order valence-electron chi connectivity index (χ1n) is 22.1. The highest BCUT2D eigenvalue weighted by molar-refractivity contribution is 6.44. The van der Waals surface area contributed by atoms with Crippen molar-refractivity contribution in [3.63, 3.8) is 0 Å². The lowest BCUT2D eigenvalue weighted by Gasteiger charge is -2.30. The highest BCUT2D eigenvalue weighted by atomic mass is 16.2. The number of fused-ring (bicyclic) bond motifs is 10. The number of nitrogens with zero attached hydrogens (tertiary/aromatic N) is 2. The molecule has 7 nitrogen and oxygen atoms in total. The van der Waals surface area contributed by atoms with Gasteiger partial charge in [-0.2, -0.15) is 0 Å². The summed E-state index contributed by atoms with van der Waals surface area (Å²) in [7, 11) is 0. The van der Waals surface area contributed by atoms with Crippen molar-refractivity contribution in [3.05, 3.63) is 74.4 Å². The Morgan fingerprint density at radius 2 is 0.983 bits per heavy atom.